The van der Waals surface area contributed by atoms with E-state index in [1.165, 1.54) is 6.20 Å². The number of hydrazine groups is 1. The molecule has 0 aromatic carbocycles. The highest BCUT2D eigenvalue weighted by molar-refractivity contribution is 5.56. The van der Waals surface area contributed by atoms with Crippen molar-refractivity contribution in [1.29, 1.82) is 5.26 Å². The highest BCUT2D eigenvalue weighted by Crippen LogP contribution is 2.13. The molecule has 5 nitrogen and oxygen atoms in total. The van der Waals surface area contributed by atoms with Gasteiger partial charge >= 0.3 is 0 Å². The average molecular weight is 177 g/mol. The molecule has 1 rings (SSSR count). The van der Waals surface area contributed by atoms with Gasteiger partial charge in [0, 0.05) is 14.1 Å². The number of aromatic nitrogens is 1. The summed E-state index contributed by atoms with van der Waals surface area (Å²) in [5.41, 5.74) is 9.30. The molecule has 0 amide bonds. The van der Waals surface area contributed by atoms with Gasteiger partial charge < -0.3 is 11.2 Å². The summed E-state index contributed by atoms with van der Waals surface area (Å²) in [4.78, 5) is 3.99. The number of hydrogen-bond acceptors (Lipinski definition) is 5. The van der Waals surface area contributed by atoms with Crippen molar-refractivity contribution in [2.45, 2.75) is 0 Å². The first-order valence-corrected chi connectivity index (χ1v) is 3.73. The van der Waals surface area contributed by atoms with Gasteiger partial charge in [-0.05, 0) is 6.07 Å². The lowest BCUT2D eigenvalue weighted by molar-refractivity contribution is 0.492. The normalized spacial score (nSPS) is 9.69. The summed E-state index contributed by atoms with van der Waals surface area (Å²) in [5, 5.41) is 10.5. The lowest BCUT2D eigenvalue weighted by Gasteiger charge is -2.13. The van der Waals surface area contributed by atoms with Crippen molar-refractivity contribution in [2.24, 2.45) is 0 Å². The van der Waals surface area contributed by atoms with Crippen LogP contribution in [0.2, 0.25) is 0 Å². The van der Waals surface area contributed by atoms with Crippen LogP contribution < -0.4 is 11.2 Å². The van der Waals surface area contributed by atoms with Crippen LogP contribution in [-0.4, -0.2) is 24.1 Å². The smallest absolute Gasteiger partial charge is 0.158 e. The van der Waals surface area contributed by atoms with E-state index >= 15 is 0 Å². The van der Waals surface area contributed by atoms with Crippen LogP contribution in [0.5, 0.6) is 0 Å². The van der Waals surface area contributed by atoms with E-state index in [9.17, 15) is 0 Å². The van der Waals surface area contributed by atoms with E-state index in [0.717, 1.165) is 0 Å². The number of pyridine rings is 1. The van der Waals surface area contributed by atoms with Gasteiger partial charge in [0.05, 0.1) is 17.4 Å². The van der Waals surface area contributed by atoms with Gasteiger partial charge in [-0.25, -0.2) is 9.99 Å². The third-order valence-electron chi connectivity index (χ3n) is 1.36. The standard InChI is InChI=1S/C8H11N5/c1-13(2)12-8-6(4-9)3-7(10)5-11-8/h3,5H,10H2,1-2H3,(H,11,12). The largest absolute Gasteiger partial charge is 0.397 e. The van der Waals surface area contributed by atoms with Crippen molar-refractivity contribution in [3.05, 3.63) is 17.8 Å². The quantitative estimate of drug-likeness (QED) is 0.640. The summed E-state index contributed by atoms with van der Waals surface area (Å²) >= 11 is 0. The number of nitrogens with one attached hydrogen (secondary N) is 1. The molecule has 0 saturated carbocycles. The zero-order chi connectivity index (χ0) is 9.84. The van der Waals surface area contributed by atoms with Crippen molar-refractivity contribution in [3.63, 3.8) is 0 Å². The van der Waals surface area contributed by atoms with Crippen molar-refractivity contribution in [1.82, 2.24) is 9.99 Å². The van der Waals surface area contributed by atoms with Gasteiger partial charge in [-0.1, -0.05) is 0 Å². The number of rotatable bonds is 2. The van der Waals surface area contributed by atoms with Crippen molar-refractivity contribution in [2.75, 3.05) is 25.3 Å². The number of nitrogen functional groups attached to an aromatic ring is 1. The monoisotopic (exact) mass is 177 g/mol. The minimum absolute atomic E-state index is 0.439. The third kappa shape index (κ3) is 2.32. The maximum absolute atomic E-state index is 8.75. The molecule has 3 N–H and O–H groups in total. The first-order chi connectivity index (χ1) is 6.13. The maximum Gasteiger partial charge on any atom is 0.158 e. The number of nitriles is 1. The molecule has 0 spiro atoms. The number of nitrogens with two attached hydrogens (primary N) is 1. The van der Waals surface area contributed by atoms with Gasteiger partial charge in [-0.15, -0.1) is 0 Å². The Morgan fingerprint density at radius 1 is 1.62 bits per heavy atom. The van der Waals surface area contributed by atoms with Crippen LogP contribution in [0.15, 0.2) is 12.3 Å². The number of hydrogen-bond donors (Lipinski definition) is 2. The predicted octanol–water partition coefficient (Wildman–Crippen LogP) is 0.424. The minimum atomic E-state index is 0.439. The van der Waals surface area contributed by atoms with Gasteiger partial charge in [0.15, 0.2) is 5.82 Å². The third-order valence-corrected chi connectivity index (χ3v) is 1.36. The molecule has 5 heteroatoms. The van der Waals surface area contributed by atoms with Gasteiger partial charge in [-0.2, -0.15) is 5.26 Å². The van der Waals surface area contributed by atoms with E-state index in [4.69, 9.17) is 11.0 Å². The molecule has 1 heterocycles. The van der Waals surface area contributed by atoms with Crippen LogP contribution in [0, 0.1) is 11.3 Å². The van der Waals surface area contributed by atoms with Crippen LogP contribution in [0.3, 0.4) is 0 Å². The van der Waals surface area contributed by atoms with E-state index in [0.29, 0.717) is 17.1 Å². The Labute approximate surface area is 76.8 Å². The fourth-order valence-corrected chi connectivity index (χ4v) is 0.867. The van der Waals surface area contributed by atoms with Crippen molar-refractivity contribution >= 4 is 11.5 Å². The fraction of sp³-hybridized carbons (Fsp3) is 0.250. The molecule has 0 unspecified atom stereocenters. The van der Waals surface area contributed by atoms with E-state index in [-0.39, 0.29) is 0 Å². The molecule has 0 fully saturated rings. The van der Waals surface area contributed by atoms with Gasteiger partial charge in [0.1, 0.15) is 6.07 Å². The zero-order valence-corrected chi connectivity index (χ0v) is 7.57. The lowest BCUT2D eigenvalue weighted by Crippen LogP contribution is -2.21. The molecule has 1 aromatic heterocycles. The van der Waals surface area contributed by atoms with E-state index in [2.05, 4.69) is 10.4 Å². The molecular formula is C8H11N5. The molecule has 68 valence electrons. The van der Waals surface area contributed by atoms with Crippen LogP contribution in [-0.2, 0) is 0 Å². The van der Waals surface area contributed by atoms with Gasteiger partial charge in [-0.3, -0.25) is 0 Å². The number of anilines is 2. The zero-order valence-electron chi connectivity index (χ0n) is 7.57. The molecule has 1 aromatic rings. The maximum atomic E-state index is 8.75. The summed E-state index contributed by atoms with van der Waals surface area (Å²) in [6.07, 6.45) is 1.51. The second-order valence-electron chi connectivity index (χ2n) is 2.78. The van der Waals surface area contributed by atoms with E-state index < -0.39 is 0 Å². The molecule has 0 aliphatic heterocycles. The van der Waals surface area contributed by atoms with Gasteiger partial charge in [0.25, 0.3) is 0 Å². The summed E-state index contributed by atoms with van der Waals surface area (Å²) in [5.74, 6) is 0.515. The van der Waals surface area contributed by atoms with Crippen LogP contribution in [0.4, 0.5) is 11.5 Å². The Hall–Kier alpha value is -1.80. The van der Waals surface area contributed by atoms with Crippen LogP contribution in [0.25, 0.3) is 0 Å². The Morgan fingerprint density at radius 3 is 2.85 bits per heavy atom. The summed E-state index contributed by atoms with van der Waals surface area (Å²) < 4.78 is 0. The molecule has 0 aliphatic carbocycles. The minimum Gasteiger partial charge on any atom is -0.397 e. The second-order valence-corrected chi connectivity index (χ2v) is 2.78. The Morgan fingerprint density at radius 2 is 2.31 bits per heavy atom. The van der Waals surface area contributed by atoms with Crippen molar-refractivity contribution < 1.29 is 0 Å². The molecule has 0 saturated heterocycles. The highest BCUT2D eigenvalue weighted by atomic mass is 15.5. The first kappa shape index (κ1) is 9.29. The summed E-state index contributed by atoms with van der Waals surface area (Å²) in [6.45, 7) is 0. The Bertz CT molecular complexity index is 339. The first-order valence-electron chi connectivity index (χ1n) is 3.73. The molecule has 13 heavy (non-hydrogen) atoms. The molecule has 0 radical (unpaired) electrons. The summed E-state index contributed by atoms with van der Waals surface area (Å²) in [7, 11) is 3.64. The Balaban J connectivity index is 3.01. The molecule has 0 atom stereocenters. The Kier molecular flexibility index (Phi) is 2.67. The van der Waals surface area contributed by atoms with E-state index in [1.807, 2.05) is 20.2 Å². The van der Waals surface area contributed by atoms with Gasteiger partial charge in [0.2, 0.25) is 0 Å². The molecule has 0 bridgehead atoms. The van der Waals surface area contributed by atoms with Crippen LogP contribution >= 0.6 is 0 Å². The average Bonchev–Trinajstić information content (AvgIpc) is 2.07. The van der Waals surface area contributed by atoms with E-state index in [1.54, 1.807) is 11.1 Å². The van der Waals surface area contributed by atoms with Crippen LogP contribution in [0.1, 0.15) is 5.56 Å². The molecule has 0 aliphatic rings. The molecular weight excluding hydrogens is 166 g/mol. The topological polar surface area (TPSA) is 78.0 Å². The fourth-order valence-electron chi connectivity index (χ4n) is 0.867. The lowest BCUT2D eigenvalue weighted by atomic mass is 10.2. The van der Waals surface area contributed by atoms with Crippen molar-refractivity contribution in [3.8, 4) is 6.07 Å². The summed E-state index contributed by atoms with van der Waals surface area (Å²) in [6, 6.07) is 3.59. The second kappa shape index (κ2) is 3.74. The highest BCUT2D eigenvalue weighted by Gasteiger charge is 2.03. The predicted molar refractivity (Wildman–Crippen MR) is 50.7 cm³/mol. The number of nitrogens with zero attached hydrogens (tertiary/aromatic N) is 3. The SMILES string of the molecule is CN(C)Nc1ncc(N)cc1C#N.